The van der Waals surface area contributed by atoms with Crippen molar-refractivity contribution in [2.24, 2.45) is 11.8 Å². The third kappa shape index (κ3) is 2.51. The number of furan rings is 1. The second-order valence-corrected chi connectivity index (χ2v) is 5.52. The normalized spacial score (nSPS) is 27.9. The average molecular weight is 287 g/mol. The van der Waals surface area contributed by atoms with E-state index in [0.717, 1.165) is 24.3 Å². The van der Waals surface area contributed by atoms with Crippen LogP contribution in [0, 0.1) is 11.8 Å². The highest BCUT2D eigenvalue weighted by Crippen LogP contribution is 2.40. The maximum Gasteiger partial charge on any atom is 0.174 e. The van der Waals surface area contributed by atoms with E-state index in [2.05, 4.69) is 22.9 Å². The zero-order chi connectivity index (χ0) is 11.5. The Kier molecular flexibility index (Phi) is 4.09. The first-order valence-electron chi connectivity index (χ1n) is 6.13. The highest BCUT2D eigenvalue weighted by atomic mass is 79.9. The van der Waals surface area contributed by atoms with Gasteiger partial charge in [0.05, 0.1) is 12.4 Å². The summed E-state index contributed by atoms with van der Waals surface area (Å²) in [6.45, 7) is 2.24. The molecule has 90 valence electrons. The Morgan fingerprint density at radius 2 is 2.38 bits per heavy atom. The van der Waals surface area contributed by atoms with E-state index in [1.807, 2.05) is 6.07 Å². The lowest BCUT2D eigenvalue weighted by molar-refractivity contribution is 0.0666. The van der Waals surface area contributed by atoms with E-state index in [4.69, 9.17) is 4.42 Å². The third-order valence-corrected chi connectivity index (χ3v) is 4.46. The van der Waals surface area contributed by atoms with Gasteiger partial charge >= 0.3 is 0 Å². The van der Waals surface area contributed by atoms with Gasteiger partial charge < -0.3 is 9.52 Å². The average Bonchev–Trinajstić information content (AvgIpc) is 2.74. The molecule has 1 saturated carbocycles. The van der Waals surface area contributed by atoms with Crippen LogP contribution in [0.3, 0.4) is 0 Å². The van der Waals surface area contributed by atoms with Crippen LogP contribution in [0.5, 0.6) is 0 Å². The zero-order valence-corrected chi connectivity index (χ0v) is 11.2. The molecule has 0 radical (unpaired) electrons. The minimum Gasteiger partial charge on any atom is -0.457 e. The van der Waals surface area contributed by atoms with E-state index in [1.165, 1.54) is 19.3 Å². The van der Waals surface area contributed by atoms with E-state index in [-0.39, 0.29) is 6.10 Å². The third-order valence-electron chi connectivity index (χ3n) is 3.81. The number of halogens is 1. The van der Waals surface area contributed by atoms with Gasteiger partial charge in [-0.25, -0.2) is 0 Å². The van der Waals surface area contributed by atoms with Crippen molar-refractivity contribution >= 4 is 15.9 Å². The number of aliphatic hydroxyl groups excluding tert-OH is 1. The molecule has 1 aromatic heterocycles. The van der Waals surface area contributed by atoms with Crippen LogP contribution in [0.25, 0.3) is 0 Å². The summed E-state index contributed by atoms with van der Waals surface area (Å²) in [5.41, 5.74) is 0.904. The van der Waals surface area contributed by atoms with Crippen molar-refractivity contribution in [1.29, 1.82) is 0 Å². The van der Waals surface area contributed by atoms with Crippen LogP contribution in [0.15, 0.2) is 21.4 Å². The van der Waals surface area contributed by atoms with Crippen LogP contribution in [-0.2, 0) is 0 Å². The molecular formula is C13H19BrO2. The van der Waals surface area contributed by atoms with Gasteiger partial charge in [0.15, 0.2) is 4.67 Å². The molecule has 3 unspecified atom stereocenters. The lowest BCUT2D eigenvalue weighted by atomic mass is 9.76. The van der Waals surface area contributed by atoms with Gasteiger partial charge in [0, 0.05) is 5.56 Å². The summed E-state index contributed by atoms with van der Waals surface area (Å²) in [5, 5.41) is 10.3. The van der Waals surface area contributed by atoms with Crippen molar-refractivity contribution in [3.8, 4) is 0 Å². The molecule has 0 aliphatic heterocycles. The summed E-state index contributed by atoms with van der Waals surface area (Å²) in [7, 11) is 0. The van der Waals surface area contributed by atoms with E-state index >= 15 is 0 Å². The Morgan fingerprint density at radius 3 is 3.00 bits per heavy atom. The summed E-state index contributed by atoms with van der Waals surface area (Å²) < 4.78 is 5.87. The summed E-state index contributed by atoms with van der Waals surface area (Å²) in [6.07, 6.45) is 7.34. The minimum atomic E-state index is -0.373. The van der Waals surface area contributed by atoms with Gasteiger partial charge in [-0.15, -0.1) is 0 Å². The molecule has 1 N–H and O–H groups in total. The highest BCUT2D eigenvalue weighted by molar-refractivity contribution is 9.10. The van der Waals surface area contributed by atoms with Crippen molar-refractivity contribution in [1.82, 2.24) is 0 Å². The Balaban J connectivity index is 2.04. The fourth-order valence-electron chi connectivity index (χ4n) is 2.76. The molecule has 0 amide bonds. The first-order valence-corrected chi connectivity index (χ1v) is 6.92. The van der Waals surface area contributed by atoms with Crippen LogP contribution in [0.2, 0.25) is 0 Å². The number of rotatable bonds is 3. The molecule has 0 bridgehead atoms. The molecule has 0 spiro atoms. The molecule has 0 saturated heterocycles. The van der Waals surface area contributed by atoms with Crippen molar-refractivity contribution in [2.45, 2.75) is 45.1 Å². The van der Waals surface area contributed by atoms with Gasteiger partial charge in [0.2, 0.25) is 0 Å². The Hall–Kier alpha value is -0.280. The van der Waals surface area contributed by atoms with Crippen molar-refractivity contribution in [2.75, 3.05) is 0 Å². The molecule has 1 aliphatic carbocycles. The first kappa shape index (κ1) is 12.2. The summed E-state index contributed by atoms with van der Waals surface area (Å²) in [6, 6.07) is 1.87. The second kappa shape index (κ2) is 5.37. The van der Waals surface area contributed by atoms with Crippen molar-refractivity contribution in [3.05, 3.63) is 22.6 Å². The molecular weight excluding hydrogens is 268 g/mol. The fraction of sp³-hybridized carbons (Fsp3) is 0.692. The van der Waals surface area contributed by atoms with Crippen LogP contribution in [0.1, 0.15) is 50.7 Å². The predicted molar refractivity (Wildman–Crippen MR) is 67.1 cm³/mol. The quantitative estimate of drug-likeness (QED) is 0.899. The highest BCUT2D eigenvalue weighted by Gasteiger charge is 2.29. The van der Waals surface area contributed by atoms with E-state index in [1.54, 1.807) is 6.26 Å². The molecule has 2 rings (SSSR count). The largest absolute Gasteiger partial charge is 0.457 e. The second-order valence-electron chi connectivity index (χ2n) is 4.80. The molecule has 3 heteroatoms. The number of hydrogen-bond donors (Lipinski definition) is 1. The minimum absolute atomic E-state index is 0.373. The maximum absolute atomic E-state index is 10.3. The standard InChI is InChI=1S/C13H19BrO2/c1-2-9-4-3-5-10(8-9)12(15)11-6-7-16-13(11)14/h6-7,9-10,12,15H,2-5,8H2,1H3. The van der Waals surface area contributed by atoms with E-state index in [0.29, 0.717) is 10.6 Å². The Bertz CT molecular complexity index is 334. The van der Waals surface area contributed by atoms with Crippen LogP contribution < -0.4 is 0 Å². The fourth-order valence-corrected chi connectivity index (χ4v) is 3.23. The monoisotopic (exact) mass is 286 g/mol. The van der Waals surface area contributed by atoms with Gasteiger partial charge in [0.25, 0.3) is 0 Å². The molecule has 16 heavy (non-hydrogen) atoms. The van der Waals surface area contributed by atoms with Gasteiger partial charge in [-0.1, -0.05) is 26.2 Å². The molecule has 1 aromatic rings. The summed E-state index contributed by atoms with van der Waals surface area (Å²) in [5.74, 6) is 1.19. The Morgan fingerprint density at radius 1 is 1.56 bits per heavy atom. The Labute approximate surface area is 105 Å². The molecule has 0 aromatic carbocycles. The topological polar surface area (TPSA) is 33.4 Å². The predicted octanol–water partition coefficient (Wildman–Crippen LogP) is 4.29. The number of aliphatic hydroxyl groups is 1. The maximum atomic E-state index is 10.3. The van der Waals surface area contributed by atoms with Crippen LogP contribution in [-0.4, -0.2) is 5.11 Å². The molecule has 3 atom stereocenters. The van der Waals surface area contributed by atoms with Gasteiger partial charge in [-0.05, 0) is 46.7 Å². The molecule has 1 heterocycles. The molecule has 2 nitrogen and oxygen atoms in total. The SMILES string of the molecule is CCC1CCCC(C(O)c2ccoc2Br)C1. The molecule has 1 aliphatic rings. The van der Waals surface area contributed by atoms with Gasteiger partial charge in [-0.2, -0.15) is 0 Å². The lowest BCUT2D eigenvalue weighted by Gasteiger charge is -2.31. The van der Waals surface area contributed by atoms with Crippen molar-refractivity contribution in [3.63, 3.8) is 0 Å². The molecule has 1 fully saturated rings. The van der Waals surface area contributed by atoms with E-state index < -0.39 is 0 Å². The van der Waals surface area contributed by atoms with Gasteiger partial charge in [-0.3, -0.25) is 0 Å². The zero-order valence-electron chi connectivity index (χ0n) is 9.66. The van der Waals surface area contributed by atoms with Crippen LogP contribution in [0.4, 0.5) is 0 Å². The van der Waals surface area contributed by atoms with Crippen LogP contribution >= 0.6 is 15.9 Å². The number of hydrogen-bond acceptors (Lipinski definition) is 2. The summed E-state index contributed by atoms with van der Waals surface area (Å²) >= 11 is 3.34. The first-order chi connectivity index (χ1) is 7.72. The smallest absolute Gasteiger partial charge is 0.174 e. The van der Waals surface area contributed by atoms with Gasteiger partial charge in [0.1, 0.15) is 0 Å². The summed E-state index contributed by atoms with van der Waals surface area (Å²) in [4.78, 5) is 0. The van der Waals surface area contributed by atoms with Crippen molar-refractivity contribution < 1.29 is 9.52 Å². The lowest BCUT2D eigenvalue weighted by Crippen LogP contribution is -2.21. The van der Waals surface area contributed by atoms with E-state index in [9.17, 15) is 5.11 Å².